The van der Waals surface area contributed by atoms with Crippen molar-refractivity contribution in [3.8, 4) is 0 Å². The van der Waals surface area contributed by atoms with Gasteiger partial charge in [0.25, 0.3) is 0 Å². The number of hydrogen-bond donors (Lipinski definition) is 1. The molecule has 1 aliphatic rings. The summed E-state index contributed by atoms with van der Waals surface area (Å²) >= 11 is 0. The standard InChI is InChI=1S/C13H15N5O2S/c1-21(19,20)17-5-3-9(7-17)18-8-16-11-6-15-13-10(12(11)18)2-4-14-13/h2,4,6,8-9H,3,5,7H2,1H3,(H,14,15). The summed E-state index contributed by atoms with van der Waals surface area (Å²) in [6, 6.07) is 2.09. The number of aromatic amines is 1. The van der Waals surface area contributed by atoms with Gasteiger partial charge in [0.05, 0.1) is 30.3 Å². The maximum Gasteiger partial charge on any atom is 0.211 e. The lowest BCUT2D eigenvalue weighted by molar-refractivity contribution is 0.459. The zero-order valence-corrected chi connectivity index (χ0v) is 12.3. The molecule has 4 rings (SSSR count). The van der Waals surface area contributed by atoms with E-state index in [0.29, 0.717) is 13.1 Å². The van der Waals surface area contributed by atoms with Crippen molar-refractivity contribution in [1.82, 2.24) is 23.8 Å². The van der Waals surface area contributed by atoms with E-state index in [2.05, 4.69) is 19.5 Å². The minimum Gasteiger partial charge on any atom is -0.346 e. The second-order valence-electron chi connectivity index (χ2n) is 5.45. The molecule has 21 heavy (non-hydrogen) atoms. The second-order valence-corrected chi connectivity index (χ2v) is 7.43. The topological polar surface area (TPSA) is 83.9 Å². The SMILES string of the molecule is CS(=O)(=O)N1CCC(n2cnc3cnc4[nH]ccc4c32)C1. The van der Waals surface area contributed by atoms with E-state index in [0.717, 1.165) is 28.5 Å². The first-order chi connectivity index (χ1) is 10.0. The van der Waals surface area contributed by atoms with Gasteiger partial charge in [-0.3, -0.25) is 0 Å². The largest absolute Gasteiger partial charge is 0.346 e. The summed E-state index contributed by atoms with van der Waals surface area (Å²) in [5, 5.41) is 1.02. The van der Waals surface area contributed by atoms with Gasteiger partial charge in [0.15, 0.2) is 0 Å². The van der Waals surface area contributed by atoms with Crippen LogP contribution in [0.4, 0.5) is 0 Å². The molecule has 1 aliphatic heterocycles. The molecule has 1 saturated heterocycles. The van der Waals surface area contributed by atoms with Crippen LogP contribution in [0.5, 0.6) is 0 Å². The van der Waals surface area contributed by atoms with E-state index in [9.17, 15) is 8.42 Å². The van der Waals surface area contributed by atoms with Crippen molar-refractivity contribution in [2.75, 3.05) is 19.3 Å². The highest BCUT2D eigenvalue weighted by Crippen LogP contribution is 2.30. The molecule has 3 aromatic heterocycles. The predicted octanol–water partition coefficient (Wildman–Crippen LogP) is 1.12. The summed E-state index contributed by atoms with van der Waals surface area (Å²) in [7, 11) is -3.13. The van der Waals surface area contributed by atoms with Crippen molar-refractivity contribution in [2.45, 2.75) is 12.5 Å². The molecule has 0 aromatic carbocycles. The maximum atomic E-state index is 11.7. The minimum absolute atomic E-state index is 0.116. The molecule has 1 unspecified atom stereocenters. The quantitative estimate of drug-likeness (QED) is 0.769. The Morgan fingerprint density at radius 3 is 3.00 bits per heavy atom. The van der Waals surface area contributed by atoms with E-state index < -0.39 is 10.0 Å². The predicted molar refractivity (Wildman–Crippen MR) is 79.5 cm³/mol. The lowest BCUT2D eigenvalue weighted by Gasteiger charge is -2.15. The third-order valence-corrected chi connectivity index (χ3v) is 5.38. The Hall–Kier alpha value is -1.93. The molecule has 0 spiro atoms. The molecular weight excluding hydrogens is 290 g/mol. The molecule has 0 amide bonds. The summed E-state index contributed by atoms with van der Waals surface area (Å²) in [6.45, 7) is 1.06. The number of nitrogens with one attached hydrogen (secondary N) is 1. The van der Waals surface area contributed by atoms with Gasteiger partial charge in [0.1, 0.15) is 11.2 Å². The molecule has 0 saturated carbocycles. The van der Waals surface area contributed by atoms with Crippen LogP contribution in [0.1, 0.15) is 12.5 Å². The van der Waals surface area contributed by atoms with Crippen LogP contribution in [0.25, 0.3) is 22.1 Å². The monoisotopic (exact) mass is 305 g/mol. The summed E-state index contributed by atoms with van der Waals surface area (Å²) < 4.78 is 26.9. The first-order valence-corrected chi connectivity index (χ1v) is 8.62. The fraction of sp³-hybridized carbons (Fsp3) is 0.385. The number of rotatable bonds is 2. The number of pyridine rings is 1. The Kier molecular flexibility index (Phi) is 2.61. The van der Waals surface area contributed by atoms with Gasteiger partial charge in [-0.25, -0.2) is 22.7 Å². The highest BCUT2D eigenvalue weighted by atomic mass is 32.2. The molecule has 0 aliphatic carbocycles. The van der Waals surface area contributed by atoms with Crippen LogP contribution in [0.2, 0.25) is 0 Å². The molecule has 4 heterocycles. The molecular formula is C13H15N5O2S. The van der Waals surface area contributed by atoms with Crippen LogP contribution in [0.3, 0.4) is 0 Å². The van der Waals surface area contributed by atoms with Gasteiger partial charge in [-0.2, -0.15) is 0 Å². The van der Waals surface area contributed by atoms with Crippen LogP contribution >= 0.6 is 0 Å². The van der Waals surface area contributed by atoms with Crippen molar-refractivity contribution in [1.29, 1.82) is 0 Å². The zero-order valence-electron chi connectivity index (χ0n) is 11.5. The summed E-state index contributed by atoms with van der Waals surface area (Å²) in [5.41, 5.74) is 2.67. The molecule has 3 aromatic rings. The number of sulfonamides is 1. The maximum absolute atomic E-state index is 11.7. The van der Waals surface area contributed by atoms with Gasteiger partial charge in [-0.1, -0.05) is 0 Å². The van der Waals surface area contributed by atoms with Gasteiger partial charge in [-0.05, 0) is 12.5 Å². The number of imidazole rings is 1. The van der Waals surface area contributed by atoms with Crippen molar-refractivity contribution in [2.24, 2.45) is 0 Å². The minimum atomic E-state index is -3.13. The molecule has 0 bridgehead atoms. The average Bonchev–Trinajstić information content (AvgIpc) is 3.15. The molecule has 0 radical (unpaired) electrons. The number of H-pyrrole nitrogens is 1. The number of hydrogen-bond acceptors (Lipinski definition) is 4. The van der Waals surface area contributed by atoms with Crippen molar-refractivity contribution < 1.29 is 8.42 Å². The van der Waals surface area contributed by atoms with Crippen LogP contribution in [0, 0.1) is 0 Å². The zero-order chi connectivity index (χ0) is 14.6. The van der Waals surface area contributed by atoms with E-state index in [1.165, 1.54) is 10.6 Å². The first kappa shape index (κ1) is 12.8. The Morgan fingerprint density at radius 2 is 2.24 bits per heavy atom. The van der Waals surface area contributed by atoms with Crippen molar-refractivity contribution >= 4 is 32.1 Å². The van der Waals surface area contributed by atoms with Gasteiger partial charge in [-0.15, -0.1) is 0 Å². The van der Waals surface area contributed by atoms with E-state index in [1.807, 2.05) is 12.3 Å². The van der Waals surface area contributed by atoms with Crippen LogP contribution in [0.15, 0.2) is 24.8 Å². The molecule has 1 N–H and O–H groups in total. The van der Waals surface area contributed by atoms with E-state index in [-0.39, 0.29) is 6.04 Å². The molecule has 7 nitrogen and oxygen atoms in total. The number of nitrogens with zero attached hydrogens (tertiary/aromatic N) is 4. The van der Waals surface area contributed by atoms with Gasteiger partial charge in [0.2, 0.25) is 10.0 Å². The third kappa shape index (κ3) is 1.94. The van der Waals surface area contributed by atoms with E-state index >= 15 is 0 Å². The molecule has 8 heteroatoms. The second kappa shape index (κ2) is 4.28. The summed E-state index contributed by atoms with van der Waals surface area (Å²) in [6.07, 6.45) is 7.44. The third-order valence-electron chi connectivity index (χ3n) is 4.11. The van der Waals surface area contributed by atoms with E-state index in [4.69, 9.17) is 0 Å². The molecule has 1 atom stereocenters. The summed E-state index contributed by atoms with van der Waals surface area (Å²) in [5.74, 6) is 0. The van der Waals surface area contributed by atoms with Crippen LogP contribution in [-0.2, 0) is 10.0 Å². The van der Waals surface area contributed by atoms with Crippen molar-refractivity contribution in [3.63, 3.8) is 0 Å². The number of fused-ring (bicyclic) bond motifs is 3. The van der Waals surface area contributed by atoms with Gasteiger partial charge >= 0.3 is 0 Å². The first-order valence-electron chi connectivity index (χ1n) is 6.78. The smallest absolute Gasteiger partial charge is 0.211 e. The highest BCUT2D eigenvalue weighted by molar-refractivity contribution is 7.88. The molecule has 1 fully saturated rings. The average molecular weight is 305 g/mol. The normalized spacial score (nSPS) is 20.7. The Labute approximate surface area is 121 Å². The summed E-state index contributed by atoms with van der Waals surface area (Å²) in [4.78, 5) is 11.8. The Bertz CT molecular complexity index is 926. The van der Waals surface area contributed by atoms with E-state index in [1.54, 1.807) is 12.5 Å². The molecule has 110 valence electrons. The fourth-order valence-corrected chi connectivity index (χ4v) is 3.93. The Balaban J connectivity index is 1.83. The van der Waals surface area contributed by atoms with Crippen molar-refractivity contribution in [3.05, 3.63) is 24.8 Å². The lowest BCUT2D eigenvalue weighted by Crippen LogP contribution is -2.27. The lowest BCUT2D eigenvalue weighted by atomic mass is 10.2. The fourth-order valence-electron chi connectivity index (χ4n) is 3.05. The highest BCUT2D eigenvalue weighted by Gasteiger charge is 2.30. The van der Waals surface area contributed by atoms with Crippen LogP contribution in [-0.4, -0.2) is 51.6 Å². The van der Waals surface area contributed by atoms with Gasteiger partial charge < -0.3 is 9.55 Å². The van der Waals surface area contributed by atoms with Crippen LogP contribution < -0.4 is 0 Å². The van der Waals surface area contributed by atoms with Gasteiger partial charge in [0, 0.05) is 24.7 Å². The Morgan fingerprint density at radius 1 is 1.38 bits per heavy atom. The number of aromatic nitrogens is 4.